The second-order valence-electron chi connectivity index (χ2n) is 0.447. The zero-order valence-electron chi connectivity index (χ0n) is 4.05. The fourth-order valence-electron chi connectivity index (χ4n) is 0. The van der Waals surface area contributed by atoms with Gasteiger partial charge in [0.25, 0.3) is 0 Å². The summed E-state index contributed by atoms with van der Waals surface area (Å²) in [7, 11) is 0. The first-order chi connectivity index (χ1) is 3.46. The predicted molar refractivity (Wildman–Crippen MR) is 17.0 cm³/mol. The van der Waals surface area contributed by atoms with Crippen molar-refractivity contribution in [1.29, 1.82) is 0 Å². The van der Waals surface area contributed by atoms with E-state index in [1.165, 1.54) is 0 Å². The summed E-state index contributed by atoms with van der Waals surface area (Å²) in [4.78, 5) is 0. The van der Waals surface area contributed by atoms with Gasteiger partial charge in [-0.15, -0.1) is 0 Å². The van der Waals surface area contributed by atoms with Gasteiger partial charge in [-0.25, -0.2) is 0 Å². The molecule has 0 radical (unpaired) electrons. The zero-order chi connectivity index (χ0) is 7.15. The maximum atomic E-state index is 8.60. The van der Waals surface area contributed by atoms with Crippen LogP contribution in [-0.4, -0.2) is 94.4 Å². The van der Waals surface area contributed by atoms with Crippen LogP contribution in [0, 0.1) is 0 Å². The van der Waals surface area contributed by atoms with Crippen molar-refractivity contribution < 1.29 is 57.8 Å². The Balaban J connectivity index is -0.0000000300. The molecule has 0 N–H and O–H groups in total. The van der Waals surface area contributed by atoms with Gasteiger partial charge < -0.3 is 0 Å². The Morgan fingerprint density at radius 2 is 0.800 bits per heavy atom. The van der Waals surface area contributed by atoms with E-state index in [-0.39, 0.29) is 94.4 Å². The fraction of sp³-hybridized carbons (Fsp3) is 0. The third-order valence-electron chi connectivity index (χ3n) is 0. The molecule has 0 saturated carbocycles. The van der Waals surface area contributed by atoms with E-state index in [0.29, 0.717) is 0 Å². The van der Waals surface area contributed by atoms with Crippen LogP contribution in [0.1, 0.15) is 0 Å². The van der Waals surface area contributed by atoms with E-state index in [2.05, 4.69) is 0 Å². The molecule has 0 amide bonds. The molecule has 10 heavy (non-hydrogen) atoms. The Hall–Kier alpha value is 3.65. The van der Waals surface area contributed by atoms with E-state index in [9.17, 15) is 0 Å². The van der Waals surface area contributed by atoms with Crippen LogP contribution in [0.25, 0.3) is 0 Å². The predicted octanol–water partition coefficient (Wildman–Crippen LogP) is -4.16. The molecular weight excluding hydrogens is 507 g/mol. The van der Waals surface area contributed by atoms with Gasteiger partial charge in [-0.1, -0.05) is 0 Å². The monoisotopic (exact) mass is 510 g/mol. The fourth-order valence-corrected chi connectivity index (χ4v) is 0. The number of hydrogen-bond donors (Lipinski definition) is 0. The molecule has 10 heteroatoms. The molecule has 52 valence electrons. The van der Waals surface area contributed by atoms with Gasteiger partial charge in [0, 0.05) is 0 Å². The van der Waals surface area contributed by atoms with E-state index in [0.717, 1.165) is 0 Å². The van der Waals surface area contributed by atoms with Crippen molar-refractivity contribution in [3.8, 4) is 0 Å². The van der Waals surface area contributed by atoms with Gasteiger partial charge in [-0.3, -0.25) is 0 Å². The molecule has 0 aliphatic carbocycles. The first kappa shape index (κ1) is 23.5. The summed E-state index contributed by atoms with van der Waals surface area (Å²) in [5.74, 6) is 0. The van der Waals surface area contributed by atoms with Crippen LogP contribution < -0.4 is 7.23 Å². The summed E-state index contributed by atoms with van der Waals surface area (Å²) >= 11 is -8.40. The van der Waals surface area contributed by atoms with E-state index in [4.69, 9.17) is 20.2 Å². The summed E-state index contributed by atoms with van der Waals surface area (Å²) in [6.45, 7) is 0. The molecule has 6 nitrogen and oxygen atoms in total. The molecule has 0 aromatic carbocycles. The molecule has 0 unspecified atom stereocenters. The van der Waals surface area contributed by atoms with Crippen LogP contribution in [-0.2, 0) is 50.6 Å². The SMILES string of the molecule is [Ba+2].[O]=[Nb](=[O])[O-].[O]=[Nb](=[O])[O-].[SrH2]. The average molecular weight is 509 g/mol. The minimum absolute atomic E-state index is 0. The normalized spacial score (nSPS) is 5.00. The van der Waals surface area contributed by atoms with Crippen LogP contribution in [0.15, 0.2) is 0 Å². The van der Waals surface area contributed by atoms with Gasteiger partial charge in [0.15, 0.2) is 0 Å². The quantitative estimate of drug-likeness (QED) is 0.307. The van der Waals surface area contributed by atoms with Crippen molar-refractivity contribution in [2.75, 3.05) is 0 Å². The molecule has 0 aliphatic heterocycles. The van der Waals surface area contributed by atoms with Crippen molar-refractivity contribution in [3.63, 3.8) is 0 Å². The zero-order valence-corrected chi connectivity index (χ0v) is 12.9. The molecule has 0 aromatic rings. The Morgan fingerprint density at radius 1 is 0.800 bits per heavy atom. The Morgan fingerprint density at radius 3 is 0.800 bits per heavy atom. The van der Waals surface area contributed by atoms with E-state index < -0.39 is 37.6 Å². The molecule has 0 spiro atoms. The van der Waals surface area contributed by atoms with Crippen molar-refractivity contribution in [2.24, 2.45) is 0 Å². The number of hydrogen-bond acceptors (Lipinski definition) is 6. The summed E-state index contributed by atoms with van der Waals surface area (Å²) < 4.78 is 51.6. The number of rotatable bonds is 0. The van der Waals surface area contributed by atoms with Gasteiger partial charge >= 0.3 is 152 Å². The Bertz CT molecular complexity index is 133. The van der Waals surface area contributed by atoms with Crippen molar-refractivity contribution in [2.45, 2.75) is 0 Å². The van der Waals surface area contributed by atoms with E-state index >= 15 is 0 Å². The van der Waals surface area contributed by atoms with Gasteiger partial charge in [0.1, 0.15) is 0 Å². The van der Waals surface area contributed by atoms with Gasteiger partial charge in [0.2, 0.25) is 0 Å². The van der Waals surface area contributed by atoms with Crippen LogP contribution >= 0.6 is 0 Å². The molecule has 0 rings (SSSR count). The summed E-state index contributed by atoms with van der Waals surface area (Å²) in [6, 6.07) is 0. The Kier molecular flexibility index (Phi) is 43.3. The first-order valence-corrected chi connectivity index (χ1v) is 6.48. The third-order valence-corrected chi connectivity index (χ3v) is 0. The van der Waals surface area contributed by atoms with E-state index in [1.54, 1.807) is 0 Å². The molecule has 0 atom stereocenters. The molecule has 0 fully saturated rings. The second-order valence-corrected chi connectivity index (χ2v) is 2.65. The third kappa shape index (κ3) is 99.1. The average Bonchev–Trinajstić information content (AvgIpc) is 1.25. The van der Waals surface area contributed by atoms with Crippen LogP contribution in [0.5, 0.6) is 0 Å². The molecule has 0 heterocycles. The second kappa shape index (κ2) is 18.4. The molecule has 0 aromatic heterocycles. The van der Waals surface area contributed by atoms with Crippen LogP contribution in [0.3, 0.4) is 0 Å². The van der Waals surface area contributed by atoms with Crippen molar-refractivity contribution in [1.82, 2.24) is 0 Å². The standard InChI is InChI=1S/Ba.2Nb.6O.Sr.2H/q+2;;;;;;;2*-1;;;. The van der Waals surface area contributed by atoms with Crippen LogP contribution in [0.4, 0.5) is 0 Å². The van der Waals surface area contributed by atoms with Crippen molar-refractivity contribution in [3.05, 3.63) is 0 Å². The molecular formula is H2BaNb2O6Sr. The van der Waals surface area contributed by atoms with Gasteiger partial charge in [-0.2, -0.15) is 0 Å². The Labute approximate surface area is 148 Å². The van der Waals surface area contributed by atoms with Crippen molar-refractivity contribution >= 4 is 94.4 Å². The molecule has 0 saturated heterocycles. The van der Waals surface area contributed by atoms with Crippen LogP contribution in [0.2, 0.25) is 0 Å². The summed E-state index contributed by atoms with van der Waals surface area (Å²) in [5.41, 5.74) is 0. The molecule has 0 aliphatic rings. The summed E-state index contributed by atoms with van der Waals surface area (Å²) in [6.07, 6.45) is 0. The topological polar surface area (TPSA) is 114 Å². The molecule has 0 bridgehead atoms. The van der Waals surface area contributed by atoms with Gasteiger partial charge in [0.05, 0.1) is 0 Å². The van der Waals surface area contributed by atoms with E-state index in [1.807, 2.05) is 0 Å². The minimum atomic E-state index is -4.20. The first-order valence-electron chi connectivity index (χ1n) is 1.10. The summed E-state index contributed by atoms with van der Waals surface area (Å²) in [5, 5.41) is 0. The van der Waals surface area contributed by atoms with Gasteiger partial charge in [-0.05, 0) is 0 Å². The maximum absolute atomic E-state index is 8.60.